The number of nitrogens with one attached hydrogen (secondary N) is 1. The minimum absolute atomic E-state index is 0.0302. The SMILES string of the molecule is CCCc1cc(=O)oc2cc(OC(=O)C(C)NS(=O)(=O)c3ccc(C)cc3)c(Cl)cc12. The van der Waals surface area contributed by atoms with E-state index in [4.69, 9.17) is 20.8 Å². The van der Waals surface area contributed by atoms with Crippen LogP contribution in [0.15, 0.2) is 56.6 Å². The van der Waals surface area contributed by atoms with Crippen molar-refractivity contribution in [2.24, 2.45) is 0 Å². The molecule has 0 bridgehead atoms. The van der Waals surface area contributed by atoms with E-state index in [1.54, 1.807) is 18.2 Å². The Morgan fingerprint density at radius 3 is 2.52 bits per heavy atom. The maximum atomic E-state index is 12.5. The largest absolute Gasteiger partial charge is 0.424 e. The summed E-state index contributed by atoms with van der Waals surface area (Å²) in [6.45, 7) is 5.18. The Bertz CT molecular complexity index is 1280. The van der Waals surface area contributed by atoms with Gasteiger partial charge in [0, 0.05) is 17.5 Å². The van der Waals surface area contributed by atoms with Crippen LogP contribution in [0.5, 0.6) is 5.75 Å². The number of esters is 1. The topological polar surface area (TPSA) is 103 Å². The third kappa shape index (κ3) is 5.33. The molecule has 0 radical (unpaired) electrons. The van der Waals surface area contributed by atoms with Crippen LogP contribution in [-0.4, -0.2) is 20.4 Å². The van der Waals surface area contributed by atoms with E-state index in [-0.39, 0.29) is 21.3 Å². The molecule has 0 aliphatic carbocycles. The molecule has 1 aromatic heterocycles. The van der Waals surface area contributed by atoms with E-state index in [1.807, 2.05) is 13.8 Å². The first-order valence-corrected chi connectivity index (χ1v) is 11.5. The van der Waals surface area contributed by atoms with E-state index in [2.05, 4.69) is 4.72 Å². The quantitative estimate of drug-likeness (QED) is 0.323. The Labute approximate surface area is 185 Å². The van der Waals surface area contributed by atoms with E-state index in [0.717, 1.165) is 17.5 Å². The number of carbonyl (C=O) groups is 1. The maximum absolute atomic E-state index is 12.5. The summed E-state index contributed by atoms with van der Waals surface area (Å²) in [7, 11) is -3.92. The van der Waals surface area contributed by atoms with Gasteiger partial charge in [-0.1, -0.05) is 42.6 Å². The second kappa shape index (κ2) is 9.21. The molecule has 0 saturated heterocycles. The molecule has 31 heavy (non-hydrogen) atoms. The summed E-state index contributed by atoms with van der Waals surface area (Å²) in [5.74, 6) is -0.888. The number of rotatable bonds is 7. The van der Waals surface area contributed by atoms with E-state index < -0.39 is 27.7 Å². The third-order valence-corrected chi connectivity index (χ3v) is 6.48. The van der Waals surface area contributed by atoms with Crippen LogP contribution in [-0.2, 0) is 21.2 Å². The fourth-order valence-corrected chi connectivity index (χ4v) is 4.44. The molecule has 0 fully saturated rings. The van der Waals surface area contributed by atoms with Gasteiger partial charge >= 0.3 is 11.6 Å². The van der Waals surface area contributed by atoms with Crippen LogP contribution in [0, 0.1) is 6.92 Å². The lowest BCUT2D eigenvalue weighted by Gasteiger charge is -2.15. The van der Waals surface area contributed by atoms with Gasteiger partial charge in [0.15, 0.2) is 5.75 Å². The van der Waals surface area contributed by atoms with Crippen LogP contribution >= 0.6 is 11.6 Å². The van der Waals surface area contributed by atoms with Crippen molar-refractivity contribution in [2.45, 2.75) is 44.6 Å². The normalized spacial score (nSPS) is 12.6. The maximum Gasteiger partial charge on any atom is 0.336 e. The fourth-order valence-electron chi connectivity index (χ4n) is 3.05. The highest BCUT2D eigenvalue weighted by Gasteiger charge is 2.24. The number of sulfonamides is 1. The lowest BCUT2D eigenvalue weighted by atomic mass is 10.1. The van der Waals surface area contributed by atoms with Gasteiger partial charge in [0.05, 0.1) is 9.92 Å². The lowest BCUT2D eigenvalue weighted by molar-refractivity contribution is -0.135. The summed E-state index contributed by atoms with van der Waals surface area (Å²) < 4.78 is 37.8. The van der Waals surface area contributed by atoms with Gasteiger partial charge in [-0.15, -0.1) is 0 Å². The zero-order chi connectivity index (χ0) is 22.8. The second-order valence-electron chi connectivity index (χ2n) is 7.20. The average Bonchev–Trinajstić information content (AvgIpc) is 2.69. The predicted octanol–water partition coefficient (Wildman–Crippen LogP) is 3.98. The Morgan fingerprint density at radius 1 is 1.19 bits per heavy atom. The monoisotopic (exact) mass is 463 g/mol. The van der Waals surface area contributed by atoms with Crippen LogP contribution in [0.3, 0.4) is 0 Å². The van der Waals surface area contributed by atoms with Gasteiger partial charge in [0.2, 0.25) is 10.0 Å². The van der Waals surface area contributed by atoms with Crippen LogP contribution in [0.2, 0.25) is 5.02 Å². The van der Waals surface area contributed by atoms with Crippen molar-refractivity contribution in [3.8, 4) is 5.75 Å². The molecule has 7 nitrogen and oxygen atoms in total. The standard InChI is InChI=1S/C22H22ClNO6S/c1-4-5-15-10-21(25)29-19-12-20(18(23)11-17(15)19)30-22(26)14(3)24-31(27,28)16-8-6-13(2)7-9-16/h6-12,14,24H,4-5H2,1-3H3. The Hall–Kier alpha value is -2.68. The molecule has 1 unspecified atom stereocenters. The van der Waals surface area contributed by atoms with E-state index in [1.165, 1.54) is 31.2 Å². The minimum atomic E-state index is -3.92. The lowest BCUT2D eigenvalue weighted by Crippen LogP contribution is -2.40. The van der Waals surface area contributed by atoms with Crippen molar-refractivity contribution in [3.05, 3.63) is 69.0 Å². The molecule has 2 aromatic carbocycles. The minimum Gasteiger partial charge on any atom is -0.424 e. The summed E-state index contributed by atoms with van der Waals surface area (Å²) in [5, 5.41) is 0.792. The van der Waals surface area contributed by atoms with Crippen molar-refractivity contribution < 1.29 is 22.4 Å². The van der Waals surface area contributed by atoms with E-state index in [0.29, 0.717) is 11.8 Å². The summed E-state index contributed by atoms with van der Waals surface area (Å²) in [6, 6.07) is 9.37. The van der Waals surface area contributed by atoms with Gasteiger partial charge in [0.25, 0.3) is 0 Å². The van der Waals surface area contributed by atoms with E-state index in [9.17, 15) is 18.0 Å². The van der Waals surface area contributed by atoms with Crippen LogP contribution in [0.4, 0.5) is 0 Å². The zero-order valence-electron chi connectivity index (χ0n) is 17.3. The average molecular weight is 464 g/mol. The number of halogens is 1. The third-order valence-electron chi connectivity index (χ3n) is 4.63. The Morgan fingerprint density at radius 2 is 1.87 bits per heavy atom. The highest BCUT2D eigenvalue weighted by molar-refractivity contribution is 7.89. The molecular formula is C22H22ClNO6S. The number of fused-ring (bicyclic) bond motifs is 1. The summed E-state index contributed by atoms with van der Waals surface area (Å²) in [4.78, 5) is 24.4. The van der Waals surface area contributed by atoms with Crippen LogP contribution < -0.4 is 15.1 Å². The molecule has 1 atom stereocenters. The van der Waals surface area contributed by atoms with Gasteiger partial charge in [-0.05, 0) is 44.0 Å². The van der Waals surface area contributed by atoms with Crippen LogP contribution in [0.1, 0.15) is 31.4 Å². The zero-order valence-corrected chi connectivity index (χ0v) is 18.8. The second-order valence-corrected chi connectivity index (χ2v) is 9.32. The molecule has 0 aliphatic heterocycles. The number of aryl methyl sites for hydroxylation is 2. The molecule has 0 aliphatic rings. The molecule has 0 amide bonds. The summed E-state index contributed by atoms with van der Waals surface area (Å²) in [5.41, 5.74) is 1.41. The van der Waals surface area contributed by atoms with Crippen molar-refractivity contribution >= 4 is 38.6 Å². The molecule has 164 valence electrons. The summed E-state index contributed by atoms with van der Waals surface area (Å²) >= 11 is 6.27. The molecule has 0 spiro atoms. The molecular weight excluding hydrogens is 442 g/mol. The fraction of sp³-hybridized carbons (Fsp3) is 0.273. The van der Waals surface area contributed by atoms with Gasteiger partial charge in [0.1, 0.15) is 11.6 Å². The molecule has 0 saturated carbocycles. The molecule has 1 heterocycles. The van der Waals surface area contributed by atoms with Crippen LogP contribution in [0.25, 0.3) is 11.0 Å². The van der Waals surface area contributed by atoms with E-state index >= 15 is 0 Å². The van der Waals surface area contributed by atoms with Gasteiger partial charge in [-0.2, -0.15) is 4.72 Å². The van der Waals surface area contributed by atoms with Crippen molar-refractivity contribution in [3.63, 3.8) is 0 Å². The number of hydrogen-bond donors (Lipinski definition) is 1. The van der Waals surface area contributed by atoms with Gasteiger partial charge in [-0.3, -0.25) is 0 Å². The smallest absolute Gasteiger partial charge is 0.336 e. The van der Waals surface area contributed by atoms with Crippen molar-refractivity contribution in [1.82, 2.24) is 4.72 Å². The Kier molecular flexibility index (Phi) is 6.83. The molecule has 1 N–H and O–H groups in total. The highest BCUT2D eigenvalue weighted by atomic mass is 35.5. The Balaban J connectivity index is 1.83. The van der Waals surface area contributed by atoms with Gasteiger partial charge < -0.3 is 9.15 Å². The number of ether oxygens (including phenoxy) is 1. The first kappa shape index (κ1) is 23.0. The summed E-state index contributed by atoms with van der Waals surface area (Å²) in [6.07, 6.45) is 1.49. The highest BCUT2D eigenvalue weighted by Crippen LogP contribution is 2.32. The molecule has 9 heteroatoms. The molecule has 3 rings (SSSR count). The van der Waals surface area contributed by atoms with Gasteiger partial charge in [-0.25, -0.2) is 18.0 Å². The first-order chi connectivity index (χ1) is 14.6. The number of carbonyl (C=O) groups excluding carboxylic acids is 1. The molecule has 3 aromatic rings. The van der Waals surface area contributed by atoms with Crippen molar-refractivity contribution in [1.29, 1.82) is 0 Å². The van der Waals surface area contributed by atoms with Crippen molar-refractivity contribution in [2.75, 3.05) is 0 Å². The number of hydrogen-bond acceptors (Lipinski definition) is 6. The first-order valence-electron chi connectivity index (χ1n) is 9.67. The number of benzene rings is 2. The predicted molar refractivity (Wildman–Crippen MR) is 118 cm³/mol.